The van der Waals surface area contributed by atoms with Gasteiger partial charge in [-0.2, -0.15) is 8.42 Å². The third kappa shape index (κ3) is 3.14. The molecule has 0 spiro atoms. The fraction of sp³-hybridized carbons (Fsp3) is 0.0588. The molecule has 29 heavy (non-hydrogen) atoms. The van der Waals surface area contributed by atoms with Gasteiger partial charge >= 0.3 is 10.4 Å². The average Bonchev–Trinajstić information content (AvgIpc) is 2.97. The lowest BCUT2D eigenvalue weighted by molar-refractivity contribution is 0.324. The van der Waals surface area contributed by atoms with Crippen LogP contribution in [0, 0.1) is 0 Å². The first-order chi connectivity index (χ1) is 13.5. The van der Waals surface area contributed by atoms with Crippen molar-refractivity contribution in [3.05, 3.63) is 65.4 Å². The molecule has 0 bridgehead atoms. The van der Waals surface area contributed by atoms with Crippen LogP contribution in [0.25, 0.3) is 32.3 Å². The first-order valence-electron chi connectivity index (χ1n) is 7.81. The van der Waals surface area contributed by atoms with Crippen LogP contribution in [-0.4, -0.2) is 25.1 Å². The minimum Gasteiger partial charge on any atom is -0.397 e. The van der Waals surface area contributed by atoms with Gasteiger partial charge in [0.2, 0.25) is 0 Å². The number of hydrogen-bond acceptors (Lipinski definition) is 9. The predicted molar refractivity (Wildman–Crippen MR) is 108 cm³/mol. The molecule has 3 aromatic carbocycles. The molecule has 0 atom stereocenters. The van der Waals surface area contributed by atoms with Gasteiger partial charge in [0.1, 0.15) is 0 Å². The quantitative estimate of drug-likeness (QED) is 0.133. The fourth-order valence-corrected chi connectivity index (χ4v) is 3.11. The fourth-order valence-electron chi connectivity index (χ4n) is 3.11. The number of anilines is 2. The third-order valence-corrected chi connectivity index (χ3v) is 4.76. The molecule has 0 aliphatic heterocycles. The third-order valence-electron chi connectivity index (χ3n) is 4.34. The van der Waals surface area contributed by atoms with Gasteiger partial charge in [-0.25, -0.2) is 0 Å². The molecule has 0 saturated carbocycles. The molecule has 4 rings (SSSR count). The van der Waals surface area contributed by atoms with Crippen LogP contribution in [0.2, 0.25) is 0 Å². The number of nitrogens with two attached hydrogens (primary N) is 2. The van der Waals surface area contributed by atoms with Gasteiger partial charge in [0, 0.05) is 10.8 Å². The molecule has 4 aromatic rings. The summed E-state index contributed by atoms with van der Waals surface area (Å²) < 4.78 is 29.7. The maximum atomic E-state index is 12.7. The molecule has 6 N–H and O–H groups in total. The Hall–Kier alpha value is -3.61. The lowest BCUT2D eigenvalue weighted by Crippen LogP contribution is -2.17. The highest BCUT2D eigenvalue weighted by Gasteiger charge is 2.22. The molecule has 1 heterocycles. The van der Waals surface area contributed by atoms with E-state index in [9.17, 15) is 27.6 Å². The number of nitrogens with one attached hydrogen (secondary N) is 1. The monoisotopic (exact) mass is 419 g/mol. The number of fused-ring (bicyclic) bond motifs is 3. The first-order valence-corrected chi connectivity index (χ1v) is 9.18. The van der Waals surface area contributed by atoms with Crippen LogP contribution in [0.1, 0.15) is 0 Å². The van der Waals surface area contributed by atoms with E-state index < -0.39 is 32.4 Å². The topological polar surface area (TPSA) is 200 Å². The summed E-state index contributed by atoms with van der Waals surface area (Å²) in [5, 5.41) is -0.135. The van der Waals surface area contributed by atoms with Gasteiger partial charge in [-0.3, -0.25) is 32.9 Å². The van der Waals surface area contributed by atoms with Crippen molar-refractivity contribution in [2.75, 3.05) is 18.6 Å². The van der Waals surface area contributed by atoms with Crippen LogP contribution in [0.4, 0.5) is 11.4 Å². The van der Waals surface area contributed by atoms with Crippen LogP contribution in [0.3, 0.4) is 0 Å². The van der Waals surface area contributed by atoms with E-state index >= 15 is 0 Å². The van der Waals surface area contributed by atoms with E-state index in [2.05, 4.69) is 9.17 Å². The van der Waals surface area contributed by atoms with Gasteiger partial charge in [0.05, 0.1) is 40.0 Å². The van der Waals surface area contributed by atoms with E-state index in [0.29, 0.717) is 0 Å². The number of aromatic nitrogens is 1. The number of benzene rings is 3. The number of rotatable bonds is 1. The first kappa shape index (κ1) is 20.1. The van der Waals surface area contributed by atoms with Crippen LogP contribution in [0.5, 0.6) is 0 Å². The Labute approximate surface area is 160 Å². The minimum atomic E-state index is -4.16. The van der Waals surface area contributed by atoms with E-state index in [4.69, 9.17) is 16.0 Å². The molecule has 0 aliphatic carbocycles. The molecule has 0 fully saturated rings. The van der Waals surface area contributed by atoms with Crippen molar-refractivity contribution in [2.45, 2.75) is 0 Å². The summed E-state index contributed by atoms with van der Waals surface area (Å²) in [6, 6.07) is 6.26. The highest BCUT2D eigenvalue weighted by molar-refractivity contribution is 7.80. The van der Waals surface area contributed by atoms with E-state index in [1.54, 1.807) is 12.1 Å². The molecule has 0 saturated heterocycles. The van der Waals surface area contributed by atoms with Gasteiger partial charge in [-0.15, -0.1) is 0 Å². The second-order valence-corrected chi connectivity index (χ2v) is 7.10. The van der Waals surface area contributed by atoms with Crippen molar-refractivity contribution in [3.8, 4) is 0 Å². The van der Waals surface area contributed by atoms with Crippen LogP contribution in [-0.2, 0) is 14.6 Å². The molecule has 0 radical (unpaired) electrons. The predicted octanol–water partition coefficient (Wildman–Crippen LogP) is -0.609. The van der Waals surface area contributed by atoms with Crippen molar-refractivity contribution in [1.82, 2.24) is 4.98 Å². The van der Waals surface area contributed by atoms with Gasteiger partial charge in [0.25, 0.3) is 11.1 Å². The smallest absolute Gasteiger partial charge is 0.397 e. The van der Waals surface area contributed by atoms with Crippen LogP contribution >= 0.6 is 0 Å². The maximum Gasteiger partial charge on any atom is 0.397 e. The summed E-state index contributed by atoms with van der Waals surface area (Å²) in [7, 11) is -3.29. The molecule has 0 unspecified atom stereocenters. The Bertz CT molecular complexity index is 1510. The van der Waals surface area contributed by atoms with Crippen molar-refractivity contribution >= 4 is 54.1 Å². The summed E-state index contributed by atoms with van der Waals surface area (Å²) >= 11 is 0. The minimum absolute atomic E-state index is 0.116. The maximum absolute atomic E-state index is 12.7. The zero-order valence-electron chi connectivity index (χ0n) is 14.7. The summed E-state index contributed by atoms with van der Waals surface area (Å²) in [5.74, 6) is 0. The second kappa shape index (κ2) is 6.77. The number of nitrogen functional groups attached to an aromatic ring is 2. The molecule has 150 valence electrons. The van der Waals surface area contributed by atoms with Crippen molar-refractivity contribution in [1.29, 1.82) is 0 Å². The van der Waals surface area contributed by atoms with Gasteiger partial charge in [0.15, 0.2) is 10.9 Å². The SMILES string of the molecule is COS(=O)(=O)O.Nc1c2c(=O)[nH]c(=O)c2c(N)c2c(=O)c3ccccc3c(=O)c12. The van der Waals surface area contributed by atoms with Crippen molar-refractivity contribution in [3.63, 3.8) is 0 Å². The molecule has 0 amide bonds. The van der Waals surface area contributed by atoms with Crippen LogP contribution < -0.4 is 33.4 Å². The molecule has 12 heteroatoms. The largest absolute Gasteiger partial charge is 0.397 e. The van der Waals surface area contributed by atoms with Gasteiger partial charge in [-0.05, 0) is 0 Å². The van der Waals surface area contributed by atoms with Crippen molar-refractivity contribution in [2.24, 2.45) is 0 Å². The highest BCUT2D eigenvalue weighted by atomic mass is 32.3. The van der Waals surface area contributed by atoms with Crippen molar-refractivity contribution < 1.29 is 17.2 Å². The number of aromatic amines is 1. The van der Waals surface area contributed by atoms with E-state index in [1.165, 1.54) is 12.1 Å². The molecular weight excluding hydrogens is 406 g/mol. The van der Waals surface area contributed by atoms with E-state index in [0.717, 1.165) is 7.11 Å². The Morgan fingerprint density at radius 2 is 1.17 bits per heavy atom. The summed E-state index contributed by atoms with van der Waals surface area (Å²) in [6.45, 7) is 0. The molecule has 11 nitrogen and oxygen atoms in total. The second-order valence-electron chi connectivity index (χ2n) is 5.91. The normalized spacial score (nSPS) is 11.7. The summed E-state index contributed by atoms with van der Waals surface area (Å²) in [6.07, 6.45) is 0. The zero-order valence-corrected chi connectivity index (χ0v) is 15.5. The average molecular weight is 419 g/mol. The van der Waals surface area contributed by atoms with E-state index in [-0.39, 0.29) is 43.7 Å². The van der Waals surface area contributed by atoms with Crippen LogP contribution in [0.15, 0.2) is 43.4 Å². The molecular formula is C17H13N3O8S. The van der Waals surface area contributed by atoms with E-state index in [1.807, 2.05) is 0 Å². The Morgan fingerprint density at radius 3 is 1.48 bits per heavy atom. The number of H-pyrrole nitrogens is 1. The lowest BCUT2D eigenvalue weighted by Gasteiger charge is -2.07. The Balaban J connectivity index is 0.000000353. The molecule has 0 aliphatic rings. The summed E-state index contributed by atoms with van der Waals surface area (Å²) in [4.78, 5) is 51.3. The van der Waals surface area contributed by atoms with Gasteiger partial charge < -0.3 is 11.5 Å². The number of hydrogen-bond donors (Lipinski definition) is 4. The summed E-state index contributed by atoms with van der Waals surface area (Å²) in [5.41, 5.74) is 9.07. The highest BCUT2D eigenvalue weighted by Crippen LogP contribution is 2.30. The Kier molecular flexibility index (Phi) is 4.70. The Morgan fingerprint density at radius 1 is 0.828 bits per heavy atom. The lowest BCUT2D eigenvalue weighted by atomic mass is 9.97. The zero-order chi connectivity index (χ0) is 21.7. The molecule has 1 aromatic heterocycles. The van der Waals surface area contributed by atoms with Gasteiger partial charge in [-0.1, -0.05) is 24.3 Å². The standard InChI is InChI=1S/C16H9N3O4.CH4O4S/c17-11-7-8(12(18)10-9(11)15(22)19-16(10)23)14(21)6-4-2-1-3-5(6)13(7)20;1-5-6(2,3)4/h1-4H,17-18H2,(H,19,22,23);1H3,(H,2,3,4).